The van der Waals surface area contributed by atoms with Crippen molar-refractivity contribution < 1.29 is 25.8 Å². The fourth-order valence-electron chi connectivity index (χ4n) is 8.68. The Bertz CT molecular complexity index is 2610. The number of rotatable bonds is 6. The zero-order valence-electron chi connectivity index (χ0n) is 32.1. The van der Waals surface area contributed by atoms with Crippen LogP contribution in [0, 0.1) is 46.8 Å². The van der Waals surface area contributed by atoms with Crippen LogP contribution in [0.4, 0.5) is 0 Å². The van der Waals surface area contributed by atoms with Crippen LogP contribution in [-0.4, -0.2) is 9.97 Å². The molecule has 0 bridgehead atoms. The van der Waals surface area contributed by atoms with Crippen LogP contribution >= 0.6 is 0 Å². The van der Waals surface area contributed by atoms with Gasteiger partial charge in [0.05, 0.1) is 11.4 Å². The fourth-order valence-corrected chi connectivity index (χ4v) is 8.68. The average Bonchev–Trinajstić information content (AvgIpc) is 3.20. The maximum Gasteiger partial charge on any atom is 2.00 e. The molecular weight excluding hydrogens is 864 g/mol. The summed E-state index contributed by atoms with van der Waals surface area (Å²) >= 11 is 0. The largest absolute Gasteiger partial charge is 2.00 e. The Morgan fingerprint density at radius 2 is 0.929 bits per heavy atom. The molecule has 0 unspecified atom stereocenters. The van der Waals surface area contributed by atoms with Crippen molar-refractivity contribution in [3.63, 3.8) is 0 Å². The molecule has 274 valence electrons. The summed E-state index contributed by atoms with van der Waals surface area (Å²) in [5.41, 5.74) is 17.0. The van der Waals surface area contributed by atoms with Gasteiger partial charge >= 0.3 is 21.1 Å². The number of pyridine rings is 2. The molecule has 0 N–H and O–H groups in total. The van der Waals surface area contributed by atoms with Gasteiger partial charge in [-0.1, -0.05) is 72.3 Å². The topological polar surface area (TPSA) is 35.0 Å². The summed E-state index contributed by atoms with van der Waals surface area (Å²) in [6, 6.07) is 59.8. The molecule has 0 radical (unpaired) electrons. The molecule has 0 spiro atoms. The minimum atomic E-state index is -0.992. The predicted molar refractivity (Wildman–Crippen MR) is 224 cm³/mol. The summed E-state index contributed by atoms with van der Waals surface area (Å²) in [5.74, 6) is 1.55. The molecule has 0 atom stereocenters. The first kappa shape index (κ1) is 37.1. The Labute approximate surface area is 344 Å². The van der Waals surface area contributed by atoms with Gasteiger partial charge in [0.25, 0.3) is 0 Å². The summed E-state index contributed by atoms with van der Waals surface area (Å²) in [5, 5.41) is 0. The molecule has 2 aromatic heterocycles. The fraction of sp³-hybridized carbons (Fsp3) is 0.115. The first-order chi connectivity index (χ1) is 26.8. The molecule has 6 aromatic carbocycles. The quantitative estimate of drug-likeness (QED) is 0.156. The Balaban J connectivity index is 0.00000441. The minimum absolute atomic E-state index is 0. The van der Waals surface area contributed by atoms with Gasteiger partial charge in [0, 0.05) is 11.1 Å². The van der Waals surface area contributed by atoms with E-state index < -0.39 is 5.41 Å². The maximum absolute atomic E-state index is 6.96. The first-order valence-electron chi connectivity index (χ1n) is 18.8. The van der Waals surface area contributed by atoms with Crippen molar-refractivity contribution in [1.82, 2.24) is 9.97 Å². The van der Waals surface area contributed by atoms with E-state index in [4.69, 9.17) is 14.7 Å². The molecule has 0 fully saturated rings. The summed E-state index contributed by atoms with van der Waals surface area (Å²) < 4.78 is 6.96. The van der Waals surface area contributed by atoms with Crippen molar-refractivity contribution in [2.75, 3.05) is 0 Å². The second kappa shape index (κ2) is 15.0. The van der Waals surface area contributed by atoms with Gasteiger partial charge < -0.3 is 4.74 Å². The van der Waals surface area contributed by atoms with Gasteiger partial charge in [-0.05, 0) is 127 Å². The number of fused-ring (bicyclic) bond motifs is 2. The van der Waals surface area contributed by atoms with Crippen LogP contribution in [-0.2, 0) is 26.5 Å². The maximum atomic E-state index is 6.96. The van der Waals surface area contributed by atoms with Crippen LogP contribution in [0.25, 0.3) is 44.8 Å². The Hall–Kier alpha value is -5.89. The smallest absolute Gasteiger partial charge is 0.457 e. The molecule has 8 aromatic rings. The first-order valence-corrected chi connectivity index (χ1v) is 18.8. The van der Waals surface area contributed by atoms with Crippen molar-refractivity contribution in [3.05, 3.63) is 214 Å². The molecule has 56 heavy (non-hydrogen) atoms. The molecule has 1 aliphatic rings. The van der Waals surface area contributed by atoms with Crippen LogP contribution in [0.5, 0.6) is 11.5 Å². The molecule has 3 nitrogen and oxygen atoms in total. The van der Waals surface area contributed by atoms with Gasteiger partial charge in [0.15, 0.2) is 0 Å². The third-order valence-corrected chi connectivity index (χ3v) is 11.0. The predicted octanol–water partition coefficient (Wildman–Crippen LogP) is 12.8. The van der Waals surface area contributed by atoms with Gasteiger partial charge in [-0.2, -0.15) is 0 Å². The van der Waals surface area contributed by atoms with E-state index in [-0.39, 0.29) is 21.1 Å². The van der Waals surface area contributed by atoms with Gasteiger partial charge in [-0.25, -0.2) is 0 Å². The zero-order valence-corrected chi connectivity index (χ0v) is 34.3. The van der Waals surface area contributed by atoms with Crippen molar-refractivity contribution in [1.29, 1.82) is 0 Å². The molecule has 0 saturated carbocycles. The van der Waals surface area contributed by atoms with Crippen LogP contribution in [0.15, 0.2) is 152 Å². The van der Waals surface area contributed by atoms with E-state index in [9.17, 15) is 0 Å². The van der Waals surface area contributed by atoms with E-state index in [0.29, 0.717) is 0 Å². The van der Waals surface area contributed by atoms with Crippen LogP contribution in [0.3, 0.4) is 0 Å². The molecule has 0 aliphatic carbocycles. The van der Waals surface area contributed by atoms with Crippen molar-refractivity contribution >= 4 is 0 Å². The number of nitrogens with zero attached hydrogens (tertiary/aromatic N) is 2. The third kappa shape index (κ3) is 6.31. The molecule has 0 saturated heterocycles. The van der Waals surface area contributed by atoms with Gasteiger partial charge in [-0.15, -0.1) is 71.8 Å². The van der Waals surface area contributed by atoms with E-state index in [0.717, 1.165) is 67.7 Å². The van der Waals surface area contributed by atoms with E-state index in [2.05, 4.69) is 162 Å². The second-order valence-corrected chi connectivity index (χ2v) is 14.7. The number of aromatic nitrogens is 2. The number of aryl methyl sites for hydroxylation is 5. The summed E-state index contributed by atoms with van der Waals surface area (Å²) in [7, 11) is 0. The van der Waals surface area contributed by atoms with Gasteiger partial charge in [-0.3, -0.25) is 9.97 Å². The Kier molecular flexibility index (Phi) is 9.91. The van der Waals surface area contributed by atoms with Gasteiger partial charge in [0.1, 0.15) is 16.9 Å². The van der Waals surface area contributed by atoms with Crippen molar-refractivity contribution in [2.45, 2.75) is 40.0 Å². The monoisotopic (exact) mass is 903 g/mol. The molecule has 1 aliphatic heterocycles. The Morgan fingerprint density at radius 3 is 1.39 bits per heavy atom. The van der Waals surface area contributed by atoms with Crippen LogP contribution < -0.4 is 4.74 Å². The molecular formula is C52H40N2OPt. The Morgan fingerprint density at radius 1 is 0.464 bits per heavy atom. The molecule has 0 amide bonds. The number of ether oxygens (including phenoxy) is 1. The third-order valence-electron chi connectivity index (χ3n) is 11.0. The number of hydrogen-bond donors (Lipinski definition) is 0. The van der Waals surface area contributed by atoms with E-state index in [1.165, 1.54) is 38.9 Å². The summed E-state index contributed by atoms with van der Waals surface area (Å²) in [6.45, 7) is 10.9. The van der Waals surface area contributed by atoms with E-state index in [1.54, 1.807) is 0 Å². The van der Waals surface area contributed by atoms with Crippen molar-refractivity contribution in [3.8, 4) is 56.3 Å². The number of hydrogen-bond acceptors (Lipinski definition) is 3. The molecule has 3 heterocycles. The minimum Gasteiger partial charge on any atom is -0.457 e. The van der Waals surface area contributed by atoms with E-state index in [1.807, 2.05) is 36.4 Å². The van der Waals surface area contributed by atoms with Crippen molar-refractivity contribution in [2.24, 2.45) is 0 Å². The van der Waals surface area contributed by atoms with Crippen LogP contribution in [0.1, 0.15) is 50.3 Å². The standard InChI is InChI=1S/C52H40N2O.Pt/c1-33-29-36(4)51(37(5)30-33)41-26-28-47-43(32-41)52(48-23-13-21-44(53-48)38-17-8-6-9-18-38,49-24-14-22-45(54-49)39-19-10-7-11-20-39)42-31-40(25-27-46(42)55-47)50-34(2)15-12-16-35(50)3;/h6-17,19,21-32H,1-5H3;/q-2;+2. The molecule has 4 heteroatoms. The average molecular weight is 904 g/mol. The SMILES string of the molecule is Cc1cc(C)c(-c2ccc3c(c2)C(c2cccc(-c4[c-]cccc4)n2)(c2cccc(-c4[c-]cccc4)n2)c2cc(-c4c(C)cccc4C)ccc2O3)c(C)c1.[Pt+2]. The molecule has 9 rings (SSSR count). The zero-order chi connectivity index (χ0) is 37.7. The van der Waals surface area contributed by atoms with Crippen LogP contribution in [0.2, 0.25) is 0 Å². The second-order valence-electron chi connectivity index (χ2n) is 14.7. The normalized spacial score (nSPS) is 12.5. The number of benzene rings is 6. The van der Waals surface area contributed by atoms with E-state index >= 15 is 0 Å². The van der Waals surface area contributed by atoms with Gasteiger partial charge in [0.2, 0.25) is 0 Å². The summed E-state index contributed by atoms with van der Waals surface area (Å²) in [4.78, 5) is 11.1. The summed E-state index contributed by atoms with van der Waals surface area (Å²) in [6.07, 6.45) is 0.